The van der Waals surface area contributed by atoms with E-state index in [0.717, 1.165) is 19.0 Å². The zero-order chi connectivity index (χ0) is 11.7. The monoisotopic (exact) mass is 223 g/mol. The number of ketones is 1. The molecule has 1 heterocycles. The third kappa shape index (κ3) is 2.83. The van der Waals surface area contributed by atoms with E-state index < -0.39 is 0 Å². The van der Waals surface area contributed by atoms with Gasteiger partial charge in [0.1, 0.15) is 5.78 Å². The molecule has 0 spiro atoms. The number of rotatable bonds is 5. The average molecular weight is 223 g/mol. The van der Waals surface area contributed by atoms with E-state index >= 15 is 0 Å². The van der Waals surface area contributed by atoms with Crippen LogP contribution in [-0.4, -0.2) is 29.7 Å². The van der Waals surface area contributed by atoms with E-state index in [9.17, 15) is 9.59 Å². The maximum Gasteiger partial charge on any atom is 0.222 e. The summed E-state index contributed by atoms with van der Waals surface area (Å²) in [6.07, 6.45) is 3.73. The SMILES string of the molecule is CC(C)C(=O)C[C@@H]1CC(=O)N(CC2CC2)C1. The molecule has 0 radical (unpaired) electrons. The number of likely N-dealkylation sites (tertiary alicyclic amines) is 1. The Bertz CT molecular complexity index is 294. The molecule has 0 N–H and O–H groups in total. The molecule has 0 aromatic carbocycles. The van der Waals surface area contributed by atoms with Gasteiger partial charge in [-0.1, -0.05) is 13.8 Å². The highest BCUT2D eigenvalue weighted by atomic mass is 16.2. The maximum atomic E-state index is 11.7. The number of nitrogens with zero attached hydrogens (tertiary/aromatic N) is 1. The highest BCUT2D eigenvalue weighted by molar-refractivity contribution is 5.83. The Hall–Kier alpha value is -0.860. The largest absolute Gasteiger partial charge is 0.342 e. The zero-order valence-electron chi connectivity index (χ0n) is 10.2. The van der Waals surface area contributed by atoms with Crippen LogP contribution in [0.2, 0.25) is 0 Å². The first-order chi connectivity index (χ1) is 7.56. The van der Waals surface area contributed by atoms with Crippen molar-refractivity contribution >= 4 is 11.7 Å². The van der Waals surface area contributed by atoms with E-state index in [-0.39, 0.29) is 17.7 Å². The standard InChI is InChI=1S/C13H21NO2/c1-9(2)12(15)5-11-6-13(16)14(8-11)7-10-3-4-10/h9-11H,3-8H2,1-2H3/t11-/m1/s1. The molecule has 3 nitrogen and oxygen atoms in total. The van der Waals surface area contributed by atoms with Crippen molar-refractivity contribution in [2.45, 2.75) is 39.5 Å². The van der Waals surface area contributed by atoms with Gasteiger partial charge in [-0.05, 0) is 24.7 Å². The molecule has 1 amide bonds. The molecule has 1 saturated carbocycles. The molecule has 2 fully saturated rings. The molecule has 1 saturated heterocycles. The molecule has 0 aromatic heterocycles. The first-order valence-corrected chi connectivity index (χ1v) is 6.36. The third-order valence-corrected chi connectivity index (χ3v) is 3.60. The molecule has 0 unspecified atom stereocenters. The van der Waals surface area contributed by atoms with E-state index in [1.165, 1.54) is 12.8 Å². The van der Waals surface area contributed by atoms with Crippen molar-refractivity contribution in [1.29, 1.82) is 0 Å². The van der Waals surface area contributed by atoms with Gasteiger partial charge in [0, 0.05) is 31.8 Å². The van der Waals surface area contributed by atoms with Crippen LogP contribution in [0.5, 0.6) is 0 Å². The second-order valence-electron chi connectivity index (χ2n) is 5.64. The van der Waals surface area contributed by atoms with Gasteiger partial charge < -0.3 is 4.90 Å². The van der Waals surface area contributed by atoms with Gasteiger partial charge in [0.05, 0.1) is 0 Å². The maximum absolute atomic E-state index is 11.7. The van der Waals surface area contributed by atoms with Gasteiger partial charge in [-0.15, -0.1) is 0 Å². The van der Waals surface area contributed by atoms with Crippen LogP contribution in [0.4, 0.5) is 0 Å². The van der Waals surface area contributed by atoms with Crippen LogP contribution < -0.4 is 0 Å². The molecule has 1 atom stereocenters. The average Bonchev–Trinajstić information content (AvgIpc) is 2.93. The summed E-state index contributed by atoms with van der Waals surface area (Å²) in [6.45, 7) is 5.61. The number of Topliss-reactive ketones (excluding diaryl/α,β-unsaturated/α-hetero) is 1. The van der Waals surface area contributed by atoms with Crippen molar-refractivity contribution in [2.75, 3.05) is 13.1 Å². The summed E-state index contributed by atoms with van der Waals surface area (Å²) in [5.74, 6) is 1.69. The van der Waals surface area contributed by atoms with Gasteiger partial charge >= 0.3 is 0 Å². The van der Waals surface area contributed by atoms with Gasteiger partial charge in [-0.3, -0.25) is 9.59 Å². The summed E-state index contributed by atoms with van der Waals surface area (Å²) < 4.78 is 0. The Kier molecular flexibility index (Phi) is 3.31. The Labute approximate surface area is 97.2 Å². The minimum atomic E-state index is 0.104. The van der Waals surface area contributed by atoms with Crippen molar-refractivity contribution in [1.82, 2.24) is 4.90 Å². The van der Waals surface area contributed by atoms with Crippen LogP contribution >= 0.6 is 0 Å². The highest BCUT2D eigenvalue weighted by Crippen LogP contribution is 2.32. The van der Waals surface area contributed by atoms with E-state index in [1.807, 2.05) is 18.7 Å². The molecule has 1 aliphatic heterocycles. The minimum absolute atomic E-state index is 0.104. The molecule has 0 bridgehead atoms. The van der Waals surface area contributed by atoms with Gasteiger partial charge in [0.2, 0.25) is 5.91 Å². The van der Waals surface area contributed by atoms with Crippen molar-refractivity contribution in [2.24, 2.45) is 17.8 Å². The van der Waals surface area contributed by atoms with Crippen LogP contribution in [0.3, 0.4) is 0 Å². The first kappa shape index (κ1) is 11.6. The van der Waals surface area contributed by atoms with Crippen LogP contribution in [0.25, 0.3) is 0 Å². The molecule has 0 aromatic rings. The zero-order valence-corrected chi connectivity index (χ0v) is 10.2. The molecule has 16 heavy (non-hydrogen) atoms. The van der Waals surface area contributed by atoms with Crippen molar-refractivity contribution < 1.29 is 9.59 Å². The summed E-state index contributed by atoms with van der Waals surface area (Å²) in [5, 5.41) is 0. The smallest absolute Gasteiger partial charge is 0.222 e. The normalized spacial score (nSPS) is 25.6. The quantitative estimate of drug-likeness (QED) is 0.713. The lowest BCUT2D eigenvalue weighted by Gasteiger charge is -2.16. The molecular weight excluding hydrogens is 202 g/mol. The van der Waals surface area contributed by atoms with Crippen molar-refractivity contribution in [3.05, 3.63) is 0 Å². The first-order valence-electron chi connectivity index (χ1n) is 6.36. The van der Waals surface area contributed by atoms with Gasteiger partial charge in [-0.25, -0.2) is 0 Å². The summed E-state index contributed by atoms with van der Waals surface area (Å²) >= 11 is 0. The minimum Gasteiger partial charge on any atom is -0.342 e. The predicted octanol–water partition coefficient (Wildman–Crippen LogP) is 1.86. The van der Waals surface area contributed by atoms with Crippen molar-refractivity contribution in [3.8, 4) is 0 Å². The predicted molar refractivity (Wildman–Crippen MR) is 61.9 cm³/mol. The second-order valence-corrected chi connectivity index (χ2v) is 5.64. The fourth-order valence-electron chi connectivity index (χ4n) is 2.30. The molecule has 90 valence electrons. The third-order valence-electron chi connectivity index (χ3n) is 3.60. The van der Waals surface area contributed by atoms with Crippen LogP contribution in [0, 0.1) is 17.8 Å². The lowest BCUT2D eigenvalue weighted by molar-refractivity contribution is -0.127. The number of carbonyl (C=O) groups is 2. The molecule has 2 rings (SSSR count). The number of amides is 1. The number of carbonyl (C=O) groups excluding carboxylic acids is 2. The van der Waals surface area contributed by atoms with E-state index in [0.29, 0.717) is 18.6 Å². The van der Waals surface area contributed by atoms with Gasteiger partial charge in [0.15, 0.2) is 0 Å². The lowest BCUT2D eigenvalue weighted by atomic mass is 9.96. The lowest BCUT2D eigenvalue weighted by Crippen LogP contribution is -2.27. The Balaban J connectivity index is 1.80. The van der Waals surface area contributed by atoms with Crippen LogP contribution in [0.1, 0.15) is 39.5 Å². The Morgan fingerprint density at radius 1 is 1.38 bits per heavy atom. The number of hydrogen-bond donors (Lipinski definition) is 0. The highest BCUT2D eigenvalue weighted by Gasteiger charge is 2.34. The molecule has 3 heteroatoms. The molecule has 1 aliphatic carbocycles. The summed E-state index contributed by atoms with van der Waals surface area (Å²) in [6, 6.07) is 0. The van der Waals surface area contributed by atoms with E-state index in [2.05, 4.69) is 0 Å². The fourth-order valence-corrected chi connectivity index (χ4v) is 2.30. The van der Waals surface area contributed by atoms with Gasteiger partial charge in [0.25, 0.3) is 0 Å². The van der Waals surface area contributed by atoms with Crippen molar-refractivity contribution in [3.63, 3.8) is 0 Å². The van der Waals surface area contributed by atoms with Crippen LogP contribution in [-0.2, 0) is 9.59 Å². The topological polar surface area (TPSA) is 37.4 Å². The van der Waals surface area contributed by atoms with E-state index in [1.54, 1.807) is 0 Å². The van der Waals surface area contributed by atoms with Crippen LogP contribution in [0.15, 0.2) is 0 Å². The molecule has 2 aliphatic rings. The summed E-state index contributed by atoms with van der Waals surface area (Å²) in [4.78, 5) is 25.3. The van der Waals surface area contributed by atoms with Gasteiger partial charge in [-0.2, -0.15) is 0 Å². The summed E-state index contributed by atoms with van der Waals surface area (Å²) in [7, 11) is 0. The van der Waals surface area contributed by atoms with E-state index in [4.69, 9.17) is 0 Å². The Morgan fingerprint density at radius 2 is 2.06 bits per heavy atom. The molecular formula is C13H21NO2. The fraction of sp³-hybridized carbons (Fsp3) is 0.846. The summed E-state index contributed by atoms with van der Waals surface area (Å²) in [5.41, 5.74) is 0. The number of hydrogen-bond acceptors (Lipinski definition) is 2. The second kappa shape index (κ2) is 4.56. The Morgan fingerprint density at radius 3 is 2.62 bits per heavy atom.